The van der Waals surface area contributed by atoms with Crippen molar-refractivity contribution in [3.63, 3.8) is 0 Å². The van der Waals surface area contributed by atoms with Crippen LogP contribution in [-0.4, -0.2) is 78.0 Å². The standard InChI is InChI=1S/C21H27N3O4/c1-15-3-5-16(6-4-15)18(25)23-10-7-17(8-11-23)19(26)24-12-9-21(14-24)13-22(2)20(27)28-21/h3-6,17H,7-14H2,1-2H3/t21-/m1/s1. The predicted molar refractivity (Wildman–Crippen MR) is 103 cm³/mol. The predicted octanol–water partition coefficient (Wildman–Crippen LogP) is 1.90. The Labute approximate surface area is 165 Å². The molecule has 1 spiro atoms. The number of piperidine rings is 1. The Kier molecular flexibility index (Phi) is 4.77. The topological polar surface area (TPSA) is 70.2 Å². The highest BCUT2D eigenvalue weighted by Gasteiger charge is 2.50. The summed E-state index contributed by atoms with van der Waals surface area (Å²) in [7, 11) is 1.72. The smallest absolute Gasteiger partial charge is 0.410 e. The molecule has 0 saturated carbocycles. The molecule has 0 unspecified atom stereocenters. The number of aryl methyl sites for hydroxylation is 1. The molecule has 0 aliphatic carbocycles. The third-order valence-corrected chi connectivity index (χ3v) is 6.20. The molecule has 3 fully saturated rings. The second-order valence-electron chi connectivity index (χ2n) is 8.35. The number of hydrogen-bond donors (Lipinski definition) is 0. The number of benzene rings is 1. The maximum atomic E-state index is 13.0. The van der Waals surface area contributed by atoms with Crippen LogP contribution in [0.2, 0.25) is 0 Å². The lowest BCUT2D eigenvalue weighted by molar-refractivity contribution is -0.136. The van der Waals surface area contributed by atoms with E-state index in [1.807, 2.05) is 41.0 Å². The number of hydrogen-bond acceptors (Lipinski definition) is 4. The zero-order valence-electron chi connectivity index (χ0n) is 16.5. The van der Waals surface area contributed by atoms with E-state index in [1.165, 1.54) is 0 Å². The molecule has 1 aromatic rings. The zero-order chi connectivity index (χ0) is 19.9. The van der Waals surface area contributed by atoms with Crippen molar-refractivity contribution < 1.29 is 19.1 Å². The molecule has 150 valence electrons. The van der Waals surface area contributed by atoms with Crippen LogP contribution in [0.4, 0.5) is 4.79 Å². The first kappa shape index (κ1) is 18.8. The summed E-state index contributed by atoms with van der Waals surface area (Å²) < 4.78 is 5.54. The zero-order valence-corrected chi connectivity index (χ0v) is 16.5. The molecular formula is C21H27N3O4. The first-order valence-electron chi connectivity index (χ1n) is 9.96. The highest BCUT2D eigenvalue weighted by molar-refractivity contribution is 5.94. The van der Waals surface area contributed by atoms with Crippen LogP contribution in [0.15, 0.2) is 24.3 Å². The van der Waals surface area contributed by atoms with Crippen molar-refractivity contribution in [3.8, 4) is 0 Å². The number of likely N-dealkylation sites (N-methyl/N-ethyl adjacent to an activating group) is 1. The summed E-state index contributed by atoms with van der Waals surface area (Å²) in [5, 5.41) is 0. The van der Waals surface area contributed by atoms with Gasteiger partial charge in [0.15, 0.2) is 5.60 Å². The number of ether oxygens (including phenoxy) is 1. The van der Waals surface area contributed by atoms with Gasteiger partial charge in [0.1, 0.15) is 0 Å². The third kappa shape index (κ3) is 3.45. The Bertz CT molecular complexity index is 785. The molecule has 3 amide bonds. The van der Waals surface area contributed by atoms with Crippen LogP contribution >= 0.6 is 0 Å². The van der Waals surface area contributed by atoms with E-state index in [0.717, 1.165) is 5.56 Å². The molecule has 3 aliphatic heterocycles. The molecule has 7 nitrogen and oxygen atoms in total. The van der Waals surface area contributed by atoms with Crippen LogP contribution in [0.5, 0.6) is 0 Å². The van der Waals surface area contributed by atoms with Crippen LogP contribution in [-0.2, 0) is 9.53 Å². The fourth-order valence-electron chi connectivity index (χ4n) is 4.50. The molecule has 0 radical (unpaired) electrons. The average Bonchev–Trinajstić information content (AvgIpc) is 3.23. The van der Waals surface area contributed by atoms with Crippen LogP contribution < -0.4 is 0 Å². The largest absolute Gasteiger partial charge is 0.439 e. The number of rotatable bonds is 2. The minimum atomic E-state index is -0.538. The molecular weight excluding hydrogens is 358 g/mol. The molecule has 1 aromatic carbocycles. The van der Waals surface area contributed by atoms with Gasteiger partial charge in [-0.25, -0.2) is 4.79 Å². The van der Waals surface area contributed by atoms with E-state index in [9.17, 15) is 14.4 Å². The number of amides is 3. The maximum Gasteiger partial charge on any atom is 0.410 e. The summed E-state index contributed by atoms with van der Waals surface area (Å²) in [5.41, 5.74) is 1.29. The van der Waals surface area contributed by atoms with Gasteiger partial charge in [0.25, 0.3) is 5.91 Å². The van der Waals surface area contributed by atoms with Crippen molar-refractivity contribution in [2.24, 2.45) is 5.92 Å². The number of carbonyl (C=O) groups is 3. The SMILES string of the molecule is Cc1ccc(C(=O)N2CCC(C(=O)N3CC[C@@]4(CN(C)C(=O)O4)C3)CC2)cc1. The van der Waals surface area contributed by atoms with E-state index in [1.54, 1.807) is 11.9 Å². The number of likely N-dealkylation sites (tertiary alicyclic amines) is 2. The van der Waals surface area contributed by atoms with Crippen LogP contribution in [0, 0.1) is 12.8 Å². The van der Waals surface area contributed by atoms with Gasteiger partial charge in [0.2, 0.25) is 5.91 Å². The number of carbonyl (C=O) groups excluding carboxylic acids is 3. The van der Waals surface area contributed by atoms with Gasteiger partial charge in [-0.1, -0.05) is 17.7 Å². The summed E-state index contributed by atoms with van der Waals surface area (Å²) in [5.74, 6) is 0.101. The van der Waals surface area contributed by atoms with Gasteiger partial charge < -0.3 is 19.4 Å². The van der Waals surface area contributed by atoms with E-state index < -0.39 is 5.60 Å². The Morgan fingerprint density at radius 3 is 2.32 bits per heavy atom. The second kappa shape index (κ2) is 7.11. The van der Waals surface area contributed by atoms with Gasteiger partial charge in [-0.2, -0.15) is 0 Å². The van der Waals surface area contributed by atoms with Gasteiger partial charge in [-0.05, 0) is 31.9 Å². The van der Waals surface area contributed by atoms with E-state index in [-0.39, 0.29) is 23.8 Å². The summed E-state index contributed by atoms with van der Waals surface area (Å²) in [6.07, 6.45) is 1.75. The van der Waals surface area contributed by atoms with Crippen LogP contribution in [0.25, 0.3) is 0 Å². The lowest BCUT2D eigenvalue weighted by atomic mass is 9.94. The number of nitrogens with zero attached hydrogens (tertiary/aromatic N) is 3. The highest BCUT2D eigenvalue weighted by Crippen LogP contribution is 2.33. The minimum absolute atomic E-state index is 0.0342. The fraction of sp³-hybridized carbons (Fsp3) is 0.571. The van der Waals surface area contributed by atoms with Crippen LogP contribution in [0.3, 0.4) is 0 Å². The molecule has 3 aliphatic rings. The first-order chi connectivity index (χ1) is 13.4. The molecule has 3 heterocycles. The fourth-order valence-corrected chi connectivity index (χ4v) is 4.50. The molecule has 1 atom stereocenters. The van der Waals surface area contributed by atoms with Crippen molar-refractivity contribution in [1.82, 2.24) is 14.7 Å². The lowest BCUT2D eigenvalue weighted by Crippen LogP contribution is -2.45. The quantitative estimate of drug-likeness (QED) is 0.780. The van der Waals surface area contributed by atoms with Crippen molar-refractivity contribution in [1.29, 1.82) is 0 Å². The van der Waals surface area contributed by atoms with Crippen molar-refractivity contribution in [3.05, 3.63) is 35.4 Å². The van der Waals surface area contributed by atoms with Crippen molar-refractivity contribution >= 4 is 17.9 Å². The summed E-state index contributed by atoms with van der Waals surface area (Å²) in [6.45, 7) is 4.84. The van der Waals surface area contributed by atoms with Gasteiger partial charge in [-0.3, -0.25) is 9.59 Å². The Balaban J connectivity index is 1.31. The average molecular weight is 385 g/mol. The van der Waals surface area contributed by atoms with Gasteiger partial charge in [0.05, 0.1) is 13.1 Å². The van der Waals surface area contributed by atoms with Crippen LogP contribution in [0.1, 0.15) is 35.2 Å². The normalized spacial score (nSPS) is 25.5. The molecule has 28 heavy (non-hydrogen) atoms. The monoisotopic (exact) mass is 385 g/mol. The molecule has 0 bridgehead atoms. The van der Waals surface area contributed by atoms with E-state index in [2.05, 4.69) is 0 Å². The van der Waals surface area contributed by atoms with Gasteiger partial charge in [0, 0.05) is 44.6 Å². The van der Waals surface area contributed by atoms with Gasteiger partial charge in [-0.15, -0.1) is 0 Å². The molecule has 3 saturated heterocycles. The van der Waals surface area contributed by atoms with Crippen molar-refractivity contribution in [2.75, 3.05) is 39.8 Å². The second-order valence-corrected chi connectivity index (χ2v) is 8.35. The third-order valence-electron chi connectivity index (χ3n) is 6.20. The summed E-state index contributed by atoms with van der Waals surface area (Å²) in [4.78, 5) is 42.6. The molecule has 0 aromatic heterocycles. The minimum Gasteiger partial charge on any atom is -0.439 e. The molecule has 7 heteroatoms. The summed E-state index contributed by atoms with van der Waals surface area (Å²) in [6, 6.07) is 7.61. The Morgan fingerprint density at radius 2 is 1.71 bits per heavy atom. The lowest BCUT2D eigenvalue weighted by Gasteiger charge is -2.33. The van der Waals surface area contributed by atoms with E-state index >= 15 is 0 Å². The van der Waals surface area contributed by atoms with Gasteiger partial charge >= 0.3 is 6.09 Å². The maximum absolute atomic E-state index is 13.0. The Morgan fingerprint density at radius 1 is 1.04 bits per heavy atom. The first-order valence-corrected chi connectivity index (χ1v) is 9.96. The summed E-state index contributed by atoms with van der Waals surface area (Å²) >= 11 is 0. The van der Waals surface area contributed by atoms with Crippen molar-refractivity contribution in [2.45, 2.75) is 31.8 Å². The van der Waals surface area contributed by atoms with E-state index in [4.69, 9.17) is 4.74 Å². The Hall–Kier alpha value is -2.57. The molecule has 0 N–H and O–H groups in total. The highest BCUT2D eigenvalue weighted by atomic mass is 16.6. The molecule has 4 rings (SSSR count). The van der Waals surface area contributed by atoms with E-state index in [0.29, 0.717) is 57.5 Å².